The highest BCUT2D eigenvalue weighted by atomic mass is 16.2. The van der Waals surface area contributed by atoms with Crippen molar-refractivity contribution in [1.29, 1.82) is 0 Å². The summed E-state index contributed by atoms with van der Waals surface area (Å²) < 4.78 is 0. The van der Waals surface area contributed by atoms with Crippen molar-refractivity contribution in [3.05, 3.63) is 0 Å². The minimum atomic E-state index is -0.138. The van der Waals surface area contributed by atoms with E-state index in [-0.39, 0.29) is 30.4 Å². The molecule has 2 N–H and O–H groups in total. The van der Waals surface area contributed by atoms with E-state index in [1.165, 1.54) is 0 Å². The molecule has 0 saturated carbocycles. The maximum Gasteiger partial charge on any atom is 0.240 e. The lowest BCUT2D eigenvalue weighted by Crippen LogP contribution is -2.54. The van der Waals surface area contributed by atoms with Crippen molar-refractivity contribution in [2.45, 2.75) is 52.6 Å². The second-order valence-electron chi connectivity index (χ2n) is 5.63. The minimum Gasteiger partial charge on any atom is -0.352 e. The second-order valence-corrected chi connectivity index (χ2v) is 5.63. The molecular formula is C14H27N3O2. The van der Waals surface area contributed by atoms with E-state index in [2.05, 4.69) is 17.6 Å². The lowest BCUT2D eigenvalue weighted by atomic mass is 9.92. The van der Waals surface area contributed by atoms with Crippen LogP contribution in [0.5, 0.6) is 0 Å². The van der Waals surface area contributed by atoms with Gasteiger partial charge in [-0.25, -0.2) is 0 Å². The molecule has 0 aromatic rings. The number of piperidine rings is 1. The van der Waals surface area contributed by atoms with Crippen molar-refractivity contribution in [1.82, 2.24) is 15.5 Å². The molecule has 1 saturated heterocycles. The average Bonchev–Trinajstić information content (AvgIpc) is 2.35. The third-order valence-corrected chi connectivity index (χ3v) is 3.51. The summed E-state index contributed by atoms with van der Waals surface area (Å²) >= 11 is 0. The molecule has 1 rings (SSSR count). The number of amides is 2. The summed E-state index contributed by atoms with van der Waals surface area (Å²) in [5.41, 5.74) is 0. The summed E-state index contributed by atoms with van der Waals surface area (Å²) in [6, 6.07) is -0.0337. The molecule has 0 spiro atoms. The van der Waals surface area contributed by atoms with Gasteiger partial charge in [-0.3, -0.25) is 9.59 Å². The van der Waals surface area contributed by atoms with Crippen LogP contribution in [0.25, 0.3) is 0 Å². The van der Waals surface area contributed by atoms with Gasteiger partial charge in [-0.05, 0) is 46.1 Å². The number of nitrogens with one attached hydrogen (secondary N) is 2. The van der Waals surface area contributed by atoms with E-state index in [9.17, 15) is 9.59 Å². The Morgan fingerprint density at radius 3 is 2.63 bits per heavy atom. The Kier molecular flexibility index (Phi) is 6.28. The highest BCUT2D eigenvalue weighted by Crippen LogP contribution is 2.17. The van der Waals surface area contributed by atoms with E-state index < -0.39 is 0 Å². The van der Waals surface area contributed by atoms with Gasteiger partial charge in [0.1, 0.15) is 0 Å². The zero-order valence-corrected chi connectivity index (χ0v) is 12.5. The lowest BCUT2D eigenvalue weighted by Gasteiger charge is -2.33. The fourth-order valence-corrected chi connectivity index (χ4v) is 2.46. The molecule has 1 heterocycles. The van der Waals surface area contributed by atoms with E-state index in [0.29, 0.717) is 12.5 Å². The van der Waals surface area contributed by atoms with E-state index in [4.69, 9.17) is 0 Å². The van der Waals surface area contributed by atoms with Crippen LogP contribution >= 0.6 is 0 Å². The van der Waals surface area contributed by atoms with Gasteiger partial charge in [0.05, 0.1) is 12.6 Å². The van der Waals surface area contributed by atoms with Crippen molar-refractivity contribution >= 4 is 11.8 Å². The number of likely N-dealkylation sites (N-methyl/N-ethyl adjacent to an activating group) is 1. The van der Waals surface area contributed by atoms with Gasteiger partial charge in [0.25, 0.3) is 0 Å². The number of nitrogens with zero attached hydrogens (tertiary/aromatic N) is 1. The molecule has 19 heavy (non-hydrogen) atoms. The molecule has 0 bridgehead atoms. The number of hydrogen-bond donors (Lipinski definition) is 2. The van der Waals surface area contributed by atoms with Gasteiger partial charge in [0, 0.05) is 12.6 Å². The molecule has 0 aromatic heterocycles. The summed E-state index contributed by atoms with van der Waals surface area (Å²) in [5.74, 6) is 0.297. The maximum absolute atomic E-state index is 12.4. The maximum atomic E-state index is 12.4. The topological polar surface area (TPSA) is 61.4 Å². The van der Waals surface area contributed by atoms with Crippen LogP contribution in [0.3, 0.4) is 0 Å². The molecule has 5 nitrogen and oxygen atoms in total. The van der Waals surface area contributed by atoms with Gasteiger partial charge in [-0.15, -0.1) is 0 Å². The molecule has 2 atom stereocenters. The first-order valence-electron chi connectivity index (χ1n) is 7.27. The molecule has 0 aromatic carbocycles. The summed E-state index contributed by atoms with van der Waals surface area (Å²) in [4.78, 5) is 25.8. The molecule has 0 radical (unpaired) electrons. The molecule has 1 aliphatic rings. The standard InChI is InChI=1S/C14H27N3O2/c1-5-17(9-12(18)16-10(2)3)14(19)13-11(4)7-6-8-15-13/h10-11,13,15H,5-9H2,1-4H3,(H,16,18). The molecule has 110 valence electrons. The van der Waals surface area contributed by atoms with Crippen LogP contribution in [0.2, 0.25) is 0 Å². The third kappa shape index (κ3) is 4.82. The molecule has 1 aliphatic heterocycles. The number of carbonyl (C=O) groups excluding carboxylic acids is 2. The van der Waals surface area contributed by atoms with Crippen molar-refractivity contribution in [3.63, 3.8) is 0 Å². The molecule has 2 unspecified atom stereocenters. The zero-order valence-electron chi connectivity index (χ0n) is 12.5. The van der Waals surface area contributed by atoms with Crippen molar-refractivity contribution < 1.29 is 9.59 Å². The van der Waals surface area contributed by atoms with Gasteiger partial charge in [0.15, 0.2) is 0 Å². The Morgan fingerprint density at radius 2 is 2.11 bits per heavy atom. The Hall–Kier alpha value is -1.10. The average molecular weight is 269 g/mol. The van der Waals surface area contributed by atoms with Crippen LogP contribution in [-0.2, 0) is 9.59 Å². The number of carbonyl (C=O) groups is 2. The predicted molar refractivity (Wildman–Crippen MR) is 75.7 cm³/mol. The second kappa shape index (κ2) is 7.48. The van der Waals surface area contributed by atoms with Crippen LogP contribution in [0.1, 0.15) is 40.5 Å². The van der Waals surface area contributed by atoms with Gasteiger partial charge >= 0.3 is 0 Å². The van der Waals surface area contributed by atoms with Gasteiger partial charge in [-0.1, -0.05) is 6.92 Å². The van der Waals surface area contributed by atoms with Crippen LogP contribution < -0.4 is 10.6 Å². The van der Waals surface area contributed by atoms with Crippen LogP contribution in [0.4, 0.5) is 0 Å². The molecule has 0 aliphatic carbocycles. The smallest absolute Gasteiger partial charge is 0.240 e. The molecule has 5 heteroatoms. The Morgan fingerprint density at radius 1 is 1.42 bits per heavy atom. The zero-order chi connectivity index (χ0) is 14.4. The number of hydrogen-bond acceptors (Lipinski definition) is 3. The van der Waals surface area contributed by atoms with Crippen LogP contribution in [-0.4, -0.2) is 48.4 Å². The first kappa shape index (κ1) is 16.0. The molecule has 2 amide bonds. The molecular weight excluding hydrogens is 242 g/mol. The van der Waals surface area contributed by atoms with Crippen molar-refractivity contribution in [3.8, 4) is 0 Å². The summed E-state index contributed by atoms with van der Waals surface area (Å²) in [6.45, 7) is 9.44. The Labute approximate surface area is 116 Å². The third-order valence-electron chi connectivity index (χ3n) is 3.51. The monoisotopic (exact) mass is 269 g/mol. The van der Waals surface area contributed by atoms with Crippen molar-refractivity contribution in [2.75, 3.05) is 19.6 Å². The predicted octanol–water partition coefficient (Wildman–Crippen LogP) is 0.748. The first-order chi connectivity index (χ1) is 8.95. The van der Waals surface area contributed by atoms with Gasteiger partial charge in [0.2, 0.25) is 11.8 Å². The number of rotatable bonds is 5. The Bertz CT molecular complexity index is 318. The lowest BCUT2D eigenvalue weighted by molar-refractivity contribution is -0.139. The van der Waals surface area contributed by atoms with E-state index in [1.54, 1.807) is 4.90 Å². The highest BCUT2D eigenvalue weighted by molar-refractivity contribution is 5.87. The highest BCUT2D eigenvalue weighted by Gasteiger charge is 2.31. The van der Waals surface area contributed by atoms with E-state index in [0.717, 1.165) is 19.4 Å². The van der Waals surface area contributed by atoms with Crippen LogP contribution in [0, 0.1) is 5.92 Å². The van der Waals surface area contributed by atoms with Gasteiger partial charge < -0.3 is 15.5 Å². The normalized spacial score (nSPS) is 23.2. The fourth-order valence-electron chi connectivity index (χ4n) is 2.46. The quantitative estimate of drug-likeness (QED) is 0.774. The first-order valence-corrected chi connectivity index (χ1v) is 7.27. The summed E-state index contributed by atoms with van der Waals surface area (Å²) in [7, 11) is 0. The van der Waals surface area contributed by atoms with E-state index in [1.807, 2.05) is 20.8 Å². The van der Waals surface area contributed by atoms with Crippen LogP contribution in [0.15, 0.2) is 0 Å². The Balaban J connectivity index is 2.58. The van der Waals surface area contributed by atoms with Crippen molar-refractivity contribution in [2.24, 2.45) is 5.92 Å². The van der Waals surface area contributed by atoms with Gasteiger partial charge in [-0.2, -0.15) is 0 Å². The fraction of sp³-hybridized carbons (Fsp3) is 0.857. The molecule has 1 fully saturated rings. The van der Waals surface area contributed by atoms with E-state index >= 15 is 0 Å². The minimum absolute atomic E-state index is 0.0496. The summed E-state index contributed by atoms with van der Waals surface area (Å²) in [6.07, 6.45) is 2.18. The largest absolute Gasteiger partial charge is 0.352 e. The summed E-state index contributed by atoms with van der Waals surface area (Å²) in [5, 5.41) is 6.10. The SMILES string of the molecule is CCN(CC(=O)NC(C)C)C(=O)C1NCCCC1C.